The van der Waals surface area contributed by atoms with Gasteiger partial charge in [-0.05, 0) is 42.8 Å². The Kier molecular flexibility index (Phi) is 5.37. The van der Waals surface area contributed by atoms with Crippen LogP contribution in [0.5, 0.6) is 11.5 Å². The summed E-state index contributed by atoms with van der Waals surface area (Å²) in [5, 5.41) is 7.89. The minimum atomic E-state index is -0.515. The Balaban J connectivity index is 1.76. The van der Waals surface area contributed by atoms with Gasteiger partial charge in [0.25, 0.3) is 0 Å². The van der Waals surface area contributed by atoms with E-state index in [1.807, 2.05) is 12.1 Å². The summed E-state index contributed by atoms with van der Waals surface area (Å²) in [6, 6.07) is 9.93. The number of esters is 1. The van der Waals surface area contributed by atoms with E-state index in [1.165, 1.54) is 12.1 Å². The van der Waals surface area contributed by atoms with Crippen LogP contribution in [-0.2, 0) is 22.7 Å². The van der Waals surface area contributed by atoms with Gasteiger partial charge in [0, 0.05) is 28.8 Å². The first-order valence-corrected chi connectivity index (χ1v) is 9.61. The second kappa shape index (κ2) is 8.14. The molecule has 0 fully saturated rings. The number of halogens is 1. The topological polar surface area (TPSA) is 74.6 Å². The number of carbonyl (C=O) groups is 1. The molecule has 0 unspecified atom stereocenters. The molecule has 31 heavy (non-hydrogen) atoms. The number of aromatic nitrogens is 2. The maximum atomic E-state index is 13.7. The number of methoxy groups -OCH3 is 2. The molecule has 3 aromatic rings. The highest BCUT2D eigenvalue weighted by molar-refractivity contribution is 5.87. The van der Waals surface area contributed by atoms with E-state index in [0.29, 0.717) is 35.0 Å². The summed E-state index contributed by atoms with van der Waals surface area (Å²) in [7, 11) is 3.16. The van der Waals surface area contributed by atoms with Crippen LogP contribution in [0, 0.1) is 5.82 Å². The number of nitrogens with zero attached hydrogens (tertiary/aromatic N) is 2. The molecule has 0 spiro atoms. The molecule has 7 nitrogen and oxygen atoms in total. The van der Waals surface area contributed by atoms with Gasteiger partial charge in [0.2, 0.25) is 0 Å². The number of benzene rings is 2. The van der Waals surface area contributed by atoms with Gasteiger partial charge in [-0.25, -0.2) is 13.9 Å². The standard InChI is InChI=1S/C23H22FN3O4/c1-13(2)23(28)31-12-27-22(25-16-7-5-6-15(24)10-16)18-8-14-9-19(29-3)20(30-4)11-17(14)21(18)26-27/h5-7,9-11,25H,1,8,12H2,2-4H3. The van der Waals surface area contributed by atoms with E-state index in [9.17, 15) is 9.18 Å². The Morgan fingerprint density at radius 2 is 1.97 bits per heavy atom. The van der Waals surface area contributed by atoms with Gasteiger partial charge < -0.3 is 19.5 Å². The maximum absolute atomic E-state index is 13.7. The van der Waals surface area contributed by atoms with Crippen LogP contribution in [0.4, 0.5) is 15.9 Å². The Bertz CT molecular complexity index is 1190. The van der Waals surface area contributed by atoms with E-state index in [0.717, 1.165) is 22.4 Å². The zero-order valence-electron chi connectivity index (χ0n) is 17.5. The molecule has 0 amide bonds. The molecule has 0 bridgehead atoms. The molecule has 1 heterocycles. The summed E-state index contributed by atoms with van der Waals surface area (Å²) < 4.78 is 31.4. The summed E-state index contributed by atoms with van der Waals surface area (Å²) in [5.74, 6) is 0.967. The summed E-state index contributed by atoms with van der Waals surface area (Å²) in [6.07, 6.45) is 0.580. The molecule has 1 aliphatic rings. The van der Waals surface area contributed by atoms with Crippen LogP contribution in [0.1, 0.15) is 18.1 Å². The fourth-order valence-electron chi connectivity index (χ4n) is 3.54. The van der Waals surface area contributed by atoms with Crippen molar-refractivity contribution in [2.75, 3.05) is 19.5 Å². The number of hydrogen-bond acceptors (Lipinski definition) is 6. The van der Waals surface area contributed by atoms with Gasteiger partial charge in [-0.3, -0.25) is 0 Å². The lowest BCUT2D eigenvalue weighted by molar-refractivity contribution is -0.142. The zero-order valence-corrected chi connectivity index (χ0v) is 17.5. The lowest BCUT2D eigenvalue weighted by atomic mass is 10.1. The van der Waals surface area contributed by atoms with Crippen molar-refractivity contribution in [3.05, 3.63) is 65.5 Å². The maximum Gasteiger partial charge on any atom is 0.334 e. The Morgan fingerprint density at radius 3 is 2.65 bits per heavy atom. The molecule has 1 aliphatic carbocycles. The largest absolute Gasteiger partial charge is 0.493 e. The number of nitrogens with one attached hydrogen (secondary N) is 1. The van der Waals surface area contributed by atoms with Gasteiger partial charge in [-0.1, -0.05) is 12.6 Å². The number of rotatable bonds is 7. The van der Waals surface area contributed by atoms with Crippen LogP contribution < -0.4 is 14.8 Å². The summed E-state index contributed by atoms with van der Waals surface area (Å²) in [6.45, 7) is 5.06. The third-order valence-corrected chi connectivity index (χ3v) is 5.04. The fourth-order valence-corrected chi connectivity index (χ4v) is 3.54. The first-order chi connectivity index (χ1) is 14.9. The molecule has 0 saturated carbocycles. The van der Waals surface area contributed by atoms with Gasteiger partial charge >= 0.3 is 5.97 Å². The van der Waals surface area contributed by atoms with E-state index in [4.69, 9.17) is 14.2 Å². The first-order valence-electron chi connectivity index (χ1n) is 9.61. The van der Waals surface area contributed by atoms with Crippen molar-refractivity contribution in [1.29, 1.82) is 0 Å². The van der Waals surface area contributed by atoms with Crippen molar-refractivity contribution in [1.82, 2.24) is 9.78 Å². The Labute approximate surface area is 179 Å². The van der Waals surface area contributed by atoms with Crippen molar-refractivity contribution in [2.45, 2.75) is 20.1 Å². The monoisotopic (exact) mass is 423 g/mol. The molecule has 8 heteroatoms. The van der Waals surface area contributed by atoms with Gasteiger partial charge in [-0.15, -0.1) is 0 Å². The lowest BCUT2D eigenvalue weighted by Crippen LogP contribution is -2.13. The van der Waals surface area contributed by atoms with E-state index < -0.39 is 5.97 Å². The second-order valence-electron chi connectivity index (χ2n) is 7.19. The van der Waals surface area contributed by atoms with Gasteiger partial charge in [0.05, 0.1) is 19.9 Å². The molecule has 0 saturated heterocycles. The predicted octanol–water partition coefficient (Wildman–Crippen LogP) is 4.43. The molecule has 0 atom stereocenters. The number of ether oxygens (including phenoxy) is 3. The van der Waals surface area contributed by atoms with Gasteiger partial charge in [-0.2, -0.15) is 5.10 Å². The molecule has 0 aliphatic heterocycles. The molecule has 160 valence electrons. The third-order valence-electron chi connectivity index (χ3n) is 5.04. The minimum Gasteiger partial charge on any atom is -0.493 e. The number of fused-ring (bicyclic) bond motifs is 3. The van der Waals surface area contributed by atoms with Gasteiger partial charge in [0.15, 0.2) is 18.2 Å². The first kappa shape index (κ1) is 20.5. The van der Waals surface area contributed by atoms with Crippen molar-refractivity contribution in [3.8, 4) is 22.8 Å². The minimum absolute atomic E-state index is 0.112. The van der Waals surface area contributed by atoms with Crippen molar-refractivity contribution in [3.63, 3.8) is 0 Å². The fraction of sp³-hybridized carbons (Fsp3) is 0.217. The van der Waals surface area contributed by atoms with Crippen LogP contribution >= 0.6 is 0 Å². The molecule has 4 rings (SSSR count). The van der Waals surface area contributed by atoms with E-state index in [2.05, 4.69) is 17.0 Å². The predicted molar refractivity (Wildman–Crippen MR) is 114 cm³/mol. The zero-order chi connectivity index (χ0) is 22.1. The molecule has 0 radical (unpaired) electrons. The normalized spacial score (nSPS) is 11.5. The smallest absolute Gasteiger partial charge is 0.334 e. The van der Waals surface area contributed by atoms with E-state index >= 15 is 0 Å². The Morgan fingerprint density at radius 1 is 1.23 bits per heavy atom. The van der Waals surface area contributed by atoms with Crippen LogP contribution in [0.3, 0.4) is 0 Å². The molecular formula is C23H22FN3O4. The lowest BCUT2D eigenvalue weighted by Gasteiger charge is -2.13. The van der Waals surface area contributed by atoms with Crippen molar-refractivity contribution >= 4 is 17.5 Å². The number of hydrogen-bond donors (Lipinski definition) is 1. The summed E-state index contributed by atoms with van der Waals surface area (Å²) in [4.78, 5) is 11.9. The molecule has 1 aromatic heterocycles. The molecule has 1 N–H and O–H groups in total. The van der Waals surface area contributed by atoms with Gasteiger partial charge in [0.1, 0.15) is 11.6 Å². The van der Waals surface area contributed by atoms with Crippen LogP contribution in [0.25, 0.3) is 11.3 Å². The highest BCUT2D eigenvalue weighted by Gasteiger charge is 2.29. The quantitative estimate of drug-likeness (QED) is 0.350. The highest BCUT2D eigenvalue weighted by atomic mass is 19.1. The molecule has 2 aromatic carbocycles. The summed E-state index contributed by atoms with van der Waals surface area (Å²) >= 11 is 0. The third kappa shape index (κ3) is 3.84. The van der Waals surface area contributed by atoms with Crippen LogP contribution in [-0.4, -0.2) is 30.0 Å². The van der Waals surface area contributed by atoms with E-state index in [1.54, 1.807) is 38.0 Å². The van der Waals surface area contributed by atoms with Crippen molar-refractivity contribution < 1.29 is 23.4 Å². The second-order valence-corrected chi connectivity index (χ2v) is 7.19. The van der Waals surface area contributed by atoms with Crippen LogP contribution in [0.2, 0.25) is 0 Å². The average Bonchev–Trinajstić information content (AvgIpc) is 3.26. The van der Waals surface area contributed by atoms with Crippen LogP contribution in [0.15, 0.2) is 48.6 Å². The SMILES string of the molecule is C=C(C)C(=O)OCn1nc2c(c1Nc1cccc(F)c1)Cc1cc(OC)c(OC)cc1-2. The number of anilines is 2. The summed E-state index contributed by atoms with van der Waals surface area (Å²) in [5.41, 5.74) is 4.42. The highest BCUT2D eigenvalue weighted by Crippen LogP contribution is 2.45. The van der Waals surface area contributed by atoms with Crippen molar-refractivity contribution in [2.24, 2.45) is 0 Å². The molecular weight excluding hydrogens is 401 g/mol. The van der Waals surface area contributed by atoms with E-state index in [-0.39, 0.29) is 12.5 Å². The Hall–Kier alpha value is -3.81. The number of carbonyl (C=O) groups excluding carboxylic acids is 1. The average molecular weight is 423 g/mol.